The Hall–Kier alpha value is -1.10. The number of ether oxygens (including phenoxy) is 2. The predicted octanol–water partition coefficient (Wildman–Crippen LogP) is 1.46. The standard InChI is InChI=1S/C11H19NO4/c1-7-5-6-12-8(7)9(13)15-10(14)16-11(2,3)4/h7-8,12H,5-6H2,1-4H3/t7-,8-/m0/s1. The molecule has 5 nitrogen and oxygen atoms in total. The molecule has 0 unspecified atom stereocenters. The van der Waals surface area contributed by atoms with Crippen molar-refractivity contribution in [2.24, 2.45) is 5.92 Å². The van der Waals surface area contributed by atoms with Crippen molar-refractivity contribution in [3.05, 3.63) is 0 Å². The fraction of sp³-hybridized carbons (Fsp3) is 0.818. The molecule has 1 N–H and O–H groups in total. The van der Waals surface area contributed by atoms with Crippen molar-refractivity contribution in [3.8, 4) is 0 Å². The zero-order chi connectivity index (χ0) is 12.3. The Balaban J connectivity index is 2.42. The molecule has 1 aliphatic heterocycles. The summed E-state index contributed by atoms with van der Waals surface area (Å²) in [5, 5.41) is 2.99. The van der Waals surface area contributed by atoms with Gasteiger partial charge in [-0.1, -0.05) is 6.92 Å². The van der Waals surface area contributed by atoms with Crippen molar-refractivity contribution in [2.75, 3.05) is 6.54 Å². The molecule has 5 heteroatoms. The Labute approximate surface area is 95.5 Å². The van der Waals surface area contributed by atoms with Crippen molar-refractivity contribution in [2.45, 2.75) is 45.8 Å². The fourth-order valence-electron chi connectivity index (χ4n) is 1.57. The van der Waals surface area contributed by atoms with Crippen molar-refractivity contribution in [3.63, 3.8) is 0 Å². The van der Waals surface area contributed by atoms with Gasteiger partial charge in [0.25, 0.3) is 0 Å². The monoisotopic (exact) mass is 229 g/mol. The molecule has 0 bridgehead atoms. The Morgan fingerprint density at radius 1 is 1.31 bits per heavy atom. The van der Waals surface area contributed by atoms with E-state index in [4.69, 9.17) is 4.74 Å². The molecule has 2 atom stereocenters. The van der Waals surface area contributed by atoms with E-state index in [1.165, 1.54) is 0 Å². The molecule has 16 heavy (non-hydrogen) atoms. The molecule has 1 aliphatic rings. The lowest BCUT2D eigenvalue weighted by molar-refractivity contribution is -0.144. The maximum atomic E-state index is 11.6. The minimum Gasteiger partial charge on any atom is -0.428 e. The van der Waals surface area contributed by atoms with Crippen LogP contribution in [0.5, 0.6) is 0 Å². The Morgan fingerprint density at radius 3 is 2.38 bits per heavy atom. The van der Waals surface area contributed by atoms with Crippen molar-refractivity contribution < 1.29 is 19.1 Å². The molecule has 0 radical (unpaired) electrons. The first kappa shape index (κ1) is 13.0. The summed E-state index contributed by atoms with van der Waals surface area (Å²) in [5.74, 6) is -0.366. The van der Waals surface area contributed by atoms with Gasteiger partial charge in [-0.05, 0) is 39.7 Å². The van der Waals surface area contributed by atoms with E-state index in [2.05, 4.69) is 10.1 Å². The van der Waals surface area contributed by atoms with Crippen LogP contribution in [0.3, 0.4) is 0 Å². The van der Waals surface area contributed by atoms with Gasteiger partial charge >= 0.3 is 12.1 Å². The highest BCUT2D eigenvalue weighted by Gasteiger charge is 2.33. The van der Waals surface area contributed by atoms with E-state index in [1.54, 1.807) is 20.8 Å². The highest BCUT2D eigenvalue weighted by Crippen LogP contribution is 2.16. The average molecular weight is 229 g/mol. The van der Waals surface area contributed by atoms with Crippen LogP contribution in [0.2, 0.25) is 0 Å². The second-order valence-electron chi connectivity index (χ2n) is 5.08. The van der Waals surface area contributed by atoms with E-state index < -0.39 is 23.8 Å². The Morgan fingerprint density at radius 2 is 1.94 bits per heavy atom. The summed E-state index contributed by atoms with van der Waals surface area (Å²) in [6.45, 7) is 7.87. The molecule has 0 aromatic rings. The lowest BCUT2D eigenvalue weighted by Crippen LogP contribution is -2.38. The maximum absolute atomic E-state index is 11.6. The van der Waals surface area contributed by atoms with Crippen LogP contribution in [0.1, 0.15) is 34.1 Å². The number of esters is 1. The summed E-state index contributed by atoms with van der Waals surface area (Å²) in [7, 11) is 0. The normalized spacial score (nSPS) is 25.2. The molecule has 0 amide bonds. The van der Waals surface area contributed by atoms with Gasteiger partial charge in [0, 0.05) is 0 Å². The first-order valence-electron chi connectivity index (χ1n) is 5.47. The maximum Gasteiger partial charge on any atom is 0.516 e. The summed E-state index contributed by atoms with van der Waals surface area (Å²) in [5.41, 5.74) is -0.647. The molecule has 92 valence electrons. The largest absolute Gasteiger partial charge is 0.516 e. The van der Waals surface area contributed by atoms with Gasteiger partial charge in [-0.25, -0.2) is 9.59 Å². The predicted molar refractivity (Wildman–Crippen MR) is 57.9 cm³/mol. The lowest BCUT2D eigenvalue weighted by Gasteiger charge is -2.19. The van der Waals surface area contributed by atoms with Crippen LogP contribution in [0.4, 0.5) is 4.79 Å². The van der Waals surface area contributed by atoms with E-state index in [9.17, 15) is 9.59 Å². The molecular weight excluding hydrogens is 210 g/mol. The van der Waals surface area contributed by atoms with E-state index in [0.717, 1.165) is 13.0 Å². The average Bonchev–Trinajstić information content (AvgIpc) is 2.47. The minimum atomic E-state index is -0.932. The number of carbonyl (C=O) groups excluding carboxylic acids is 2. The summed E-state index contributed by atoms with van der Waals surface area (Å²) in [4.78, 5) is 22.8. The topological polar surface area (TPSA) is 64.6 Å². The van der Waals surface area contributed by atoms with E-state index in [0.29, 0.717) is 0 Å². The summed E-state index contributed by atoms with van der Waals surface area (Å²) < 4.78 is 9.51. The van der Waals surface area contributed by atoms with Gasteiger partial charge in [0.15, 0.2) is 0 Å². The first-order chi connectivity index (χ1) is 7.29. The van der Waals surface area contributed by atoms with Gasteiger partial charge in [0.05, 0.1) is 0 Å². The third-order valence-electron chi connectivity index (χ3n) is 2.36. The highest BCUT2D eigenvalue weighted by molar-refractivity contribution is 5.86. The molecule has 0 aliphatic carbocycles. The van der Waals surface area contributed by atoms with Crippen LogP contribution in [0.15, 0.2) is 0 Å². The van der Waals surface area contributed by atoms with Gasteiger partial charge in [-0.15, -0.1) is 0 Å². The number of carbonyl (C=O) groups is 2. The Bertz CT molecular complexity index is 282. The third kappa shape index (κ3) is 3.81. The van der Waals surface area contributed by atoms with Crippen LogP contribution in [-0.2, 0) is 14.3 Å². The molecule has 1 saturated heterocycles. The molecule has 0 saturated carbocycles. The zero-order valence-electron chi connectivity index (χ0n) is 10.2. The van der Waals surface area contributed by atoms with Crippen LogP contribution in [0.25, 0.3) is 0 Å². The van der Waals surface area contributed by atoms with Crippen molar-refractivity contribution >= 4 is 12.1 Å². The lowest BCUT2D eigenvalue weighted by atomic mass is 10.0. The van der Waals surface area contributed by atoms with Gasteiger partial charge in [-0.2, -0.15) is 0 Å². The Kier molecular flexibility index (Phi) is 3.91. The third-order valence-corrected chi connectivity index (χ3v) is 2.36. The van der Waals surface area contributed by atoms with Crippen molar-refractivity contribution in [1.29, 1.82) is 0 Å². The molecular formula is C11H19NO4. The van der Waals surface area contributed by atoms with E-state index >= 15 is 0 Å². The number of rotatable bonds is 1. The summed E-state index contributed by atoms with van der Waals surface area (Å²) >= 11 is 0. The molecule has 0 aromatic carbocycles. The van der Waals surface area contributed by atoms with Gasteiger partial charge in [0.1, 0.15) is 11.6 Å². The second-order valence-corrected chi connectivity index (χ2v) is 5.08. The quantitative estimate of drug-likeness (QED) is 0.544. The van der Waals surface area contributed by atoms with Gasteiger partial charge < -0.3 is 14.8 Å². The molecule has 0 spiro atoms. The van der Waals surface area contributed by atoms with E-state index in [-0.39, 0.29) is 5.92 Å². The SMILES string of the molecule is C[C@H]1CCN[C@@H]1C(=O)OC(=O)OC(C)(C)C. The molecule has 1 heterocycles. The van der Waals surface area contributed by atoms with E-state index in [1.807, 2.05) is 6.92 Å². The minimum absolute atomic E-state index is 0.190. The van der Waals surface area contributed by atoms with Crippen molar-refractivity contribution in [1.82, 2.24) is 5.32 Å². The highest BCUT2D eigenvalue weighted by atomic mass is 16.7. The molecule has 1 fully saturated rings. The van der Waals surface area contributed by atoms with Crippen LogP contribution in [0, 0.1) is 5.92 Å². The summed E-state index contributed by atoms with van der Waals surface area (Å²) in [6, 6.07) is -0.396. The van der Waals surface area contributed by atoms with Gasteiger partial charge in [0.2, 0.25) is 0 Å². The fourth-order valence-corrected chi connectivity index (χ4v) is 1.57. The molecule has 1 rings (SSSR count). The molecule has 0 aromatic heterocycles. The van der Waals surface area contributed by atoms with Gasteiger partial charge in [-0.3, -0.25) is 0 Å². The number of hydrogen-bond acceptors (Lipinski definition) is 5. The second kappa shape index (κ2) is 4.82. The van der Waals surface area contributed by atoms with Crippen LogP contribution in [-0.4, -0.2) is 30.3 Å². The van der Waals surface area contributed by atoms with Crippen LogP contribution >= 0.6 is 0 Å². The smallest absolute Gasteiger partial charge is 0.428 e. The summed E-state index contributed by atoms with van der Waals surface area (Å²) in [6.07, 6.45) is -0.0212. The number of hydrogen-bond donors (Lipinski definition) is 1. The van der Waals surface area contributed by atoms with Crippen LogP contribution < -0.4 is 5.32 Å². The first-order valence-corrected chi connectivity index (χ1v) is 5.47. The number of nitrogens with one attached hydrogen (secondary N) is 1. The zero-order valence-corrected chi connectivity index (χ0v) is 10.2.